The van der Waals surface area contributed by atoms with Gasteiger partial charge in [-0.25, -0.2) is 0 Å². The molecule has 1 amide bonds. The fourth-order valence-electron chi connectivity index (χ4n) is 3.40. The van der Waals surface area contributed by atoms with Gasteiger partial charge in [-0.2, -0.15) is 0 Å². The number of rotatable bonds is 4. The second-order valence-electron chi connectivity index (χ2n) is 6.67. The van der Waals surface area contributed by atoms with Crippen molar-refractivity contribution in [1.82, 2.24) is 0 Å². The molecule has 0 atom stereocenters. The van der Waals surface area contributed by atoms with Crippen molar-refractivity contribution in [3.63, 3.8) is 0 Å². The van der Waals surface area contributed by atoms with Crippen LogP contribution in [0.2, 0.25) is 0 Å². The first-order valence-corrected chi connectivity index (χ1v) is 9.62. The highest BCUT2D eigenvalue weighted by Gasteiger charge is 2.18. The second-order valence-corrected chi connectivity index (χ2v) is 7.52. The third-order valence-electron chi connectivity index (χ3n) is 4.74. The summed E-state index contributed by atoms with van der Waals surface area (Å²) in [6, 6.07) is 11.5. The van der Waals surface area contributed by atoms with Gasteiger partial charge in [-0.1, -0.05) is 15.9 Å². The molecule has 1 aromatic heterocycles. The maximum atomic E-state index is 12.2. The lowest BCUT2D eigenvalue weighted by Gasteiger charge is -2.10. The third kappa shape index (κ3) is 3.49. The molecule has 26 heavy (non-hydrogen) atoms. The minimum atomic E-state index is -0.180. The Morgan fingerprint density at radius 2 is 2.04 bits per heavy atom. The molecule has 0 spiro atoms. The number of benzene rings is 2. The molecule has 2 aromatic carbocycles. The van der Waals surface area contributed by atoms with Gasteiger partial charge in [0.1, 0.15) is 17.1 Å². The highest BCUT2D eigenvalue weighted by molar-refractivity contribution is 9.10. The molecule has 0 unspecified atom stereocenters. The lowest BCUT2D eigenvalue weighted by molar-refractivity contribution is -0.118. The number of ether oxygens (including phenoxy) is 1. The molecule has 0 fully saturated rings. The number of carbonyl (C=O) groups excluding carboxylic acids is 1. The zero-order chi connectivity index (χ0) is 18.1. The molecule has 4 nitrogen and oxygen atoms in total. The first-order chi connectivity index (χ1) is 12.6. The van der Waals surface area contributed by atoms with Gasteiger partial charge < -0.3 is 14.5 Å². The number of amides is 1. The van der Waals surface area contributed by atoms with E-state index < -0.39 is 0 Å². The zero-order valence-corrected chi connectivity index (χ0v) is 16.2. The molecule has 5 heteroatoms. The van der Waals surface area contributed by atoms with E-state index in [9.17, 15) is 4.79 Å². The Hall–Kier alpha value is -2.27. The molecule has 4 rings (SSSR count). The lowest BCUT2D eigenvalue weighted by Crippen LogP contribution is -2.20. The molecule has 3 aromatic rings. The van der Waals surface area contributed by atoms with Crippen LogP contribution in [0.15, 0.2) is 45.3 Å². The van der Waals surface area contributed by atoms with Gasteiger partial charge in [0, 0.05) is 27.5 Å². The molecule has 0 saturated carbocycles. The Kier molecular flexibility index (Phi) is 4.72. The van der Waals surface area contributed by atoms with E-state index in [2.05, 4.69) is 21.2 Å². The molecule has 1 heterocycles. The monoisotopic (exact) mass is 413 g/mol. The minimum absolute atomic E-state index is 0.0271. The van der Waals surface area contributed by atoms with Gasteiger partial charge in [0.15, 0.2) is 6.61 Å². The number of fused-ring (bicyclic) bond motifs is 3. The van der Waals surface area contributed by atoms with E-state index in [-0.39, 0.29) is 12.5 Å². The summed E-state index contributed by atoms with van der Waals surface area (Å²) < 4.78 is 12.6. The lowest BCUT2D eigenvalue weighted by atomic mass is 9.96. The number of anilines is 1. The predicted molar refractivity (Wildman–Crippen MR) is 106 cm³/mol. The summed E-state index contributed by atoms with van der Waals surface area (Å²) in [6.07, 6.45) is 4.44. The number of hydrogen-bond acceptors (Lipinski definition) is 3. The normalized spacial score (nSPS) is 13.5. The topological polar surface area (TPSA) is 51.5 Å². The Morgan fingerprint density at radius 1 is 1.19 bits per heavy atom. The molecule has 0 saturated heterocycles. The maximum absolute atomic E-state index is 12.2. The van der Waals surface area contributed by atoms with Crippen LogP contribution in [0.3, 0.4) is 0 Å². The van der Waals surface area contributed by atoms with Crippen molar-refractivity contribution in [2.45, 2.75) is 32.6 Å². The van der Waals surface area contributed by atoms with Crippen LogP contribution in [0.1, 0.15) is 29.7 Å². The number of aryl methyl sites for hydroxylation is 3. The smallest absolute Gasteiger partial charge is 0.262 e. The maximum Gasteiger partial charge on any atom is 0.262 e. The number of nitrogens with one attached hydrogen (secondary N) is 1. The molecule has 0 bridgehead atoms. The third-order valence-corrected chi connectivity index (χ3v) is 5.63. The van der Waals surface area contributed by atoms with Gasteiger partial charge >= 0.3 is 0 Å². The average molecular weight is 414 g/mol. The summed E-state index contributed by atoms with van der Waals surface area (Å²) in [5.74, 6) is 1.61. The SMILES string of the molecule is Cc1cc(NC(=O)COc2ccc3oc4c(c3c2)CCCC4)ccc1Br. The van der Waals surface area contributed by atoms with Crippen LogP contribution >= 0.6 is 15.9 Å². The van der Waals surface area contributed by atoms with Crippen molar-refractivity contribution in [3.8, 4) is 5.75 Å². The Bertz CT molecular complexity index is 977. The van der Waals surface area contributed by atoms with E-state index in [0.29, 0.717) is 5.75 Å². The van der Waals surface area contributed by atoms with Crippen LogP contribution in [0, 0.1) is 6.92 Å². The Balaban J connectivity index is 1.43. The fourth-order valence-corrected chi connectivity index (χ4v) is 3.65. The van der Waals surface area contributed by atoms with Gasteiger partial charge in [-0.15, -0.1) is 0 Å². The van der Waals surface area contributed by atoms with Crippen LogP contribution in [-0.4, -0.2) is 12.5 Å². The van der Waals surface area contributed by atoms with E-state index in [4.69, 9.17) is 9.15 Å². The largest absolute Gasteiger partial charge is 0.484 e. The van der Waals surface area contributed by atoms with Crippen LogP contribution in [0.4, 0.5) is 5.69 Å². The first-order valence-electron chi connectivity index (χ1n) is 8.83. The minimum Gasteiger partial charge on any atom is -0.484 e. The van der Waals surface area contributed by atoms with E-state index in [1.165, 1.54) is 18.4 Å². The molecule has 134 valence electrons. The van der Waals surface area contributed by atoms with Crippen LogP contribution in [0.25, 0.3) is 11.0 Å². The quantitative estimate of drug-likeness (QED) is 0.622. The molecular formula is C21H20BrNO3. The van der Waals surface area contributed by atoms with Crippen molar-refractivity contribution in [3.05, 3.63) is 57.8 Å². The van der Waals surface area contributed by atoms with Crippen molar-refractivity contribution in [1.29, 1.82) is 0 Å². The molecular weight excluding hydrogens is 394 g/mol. The number of carbonyl (C=O) groups is 1. The van der Waals surface area contributed by atoms with Crippen molar-refractivity contribution < 1.29 is 13.9 Å². The van der Waals surface area contributed by atoms with Crippen LogP contribution in [0.5, 0.6) is 5.75 Å². The Labute approximate surface area is 160 Å². The predicted octanol–water partition coefficient (Wildman–Crippen LogP) is 5.40. The summed E-state index contributed by atoms with van der Waals surface area (Å²) in [5.41, 5.74) is 4.03. The van der Waals surface area contributed by atoms with E-state index in [1.54, 1.807) is 0 Å². The molecule has 1 N–H and O–H groups in total. The summed E-state index contributed by atoms with van der Waals surface area (Å²) >= 11 is 3.45. The van der Waals surface area contributed by atoms with Gasteiger partial charge in [0.05, 0.1) is 0 Å². The van der Waals surface area contributed by atoms with Crippen LogP contribution < -0.4 is 10.1 Å². The summed E-state index contributed by atoms with van der Waals surface area (Å²) in [4.78, 5) is 12.2. The van der Waals surface area contributed by atoms with E-state index in [1.807, 2.05) is 43.3 Å². The highest BCUT2D eigenvalue weighted by atomic mass is 79.9. The molecule has 0 aliphatic heterocycles. The van der Waals surface area contributed by atoms with E-state index in [0.717, 1.165) is 45.3 Å². The van der Waals surface area contributed by atoms with Crippen molar-refractivity contribution in [2.75, 3.05) is 11.9 Å². The average Bonchev–Trinajstić information content (AvgIpc) is 3.01. The van der Waals surface area contributed by atoms with Crippen LogP contribution in [-0.2, 0) is 17.6 Å². The summed E-state index contributed by atoms with van der Waals surface area (Å²) in [7, 11) is 0. The standard InChI is InChI=1S/C21H20BrNO3/c1-13-10-14(6-8-18(13)22)23-21(24)12-25-15-7-9-20-17(11-15)16-4-2-3-5-19(16)26-20/h6-11H,2-5,12H2,1H3,(H,23,24). The van der Waals surface area contributed by atoms with Gasteiger partial charge in [-0.3, -0.25) is 4.79 Å². The van der Waals surface area contributed by atoms with Crippen molar-refractivity contribution in [2.24, 2.45) is 0 Å². The van der Waals surface area contributed by atoms with Crippen molar-refractivity contribution >= 4 is 38.5 Å². The Morgan fingerprint density at radius 3 is 2.88 bits per heavy atom. The zero-order valence-electron chi connectivity index (χ0n) is 14.6. The molecule has 0 radical (unpaired) electrons. The molecule has 1 aliphatic carbocycles. The van der Waals surface area contributed by atoms with Gasteiger partial charge in [0.25, 0.3) is 5.91 Å². The van der Waals surface area contributed by atoms with Gasteiger partial charge in [-0.05, 0) is 68.1 Å². The number of hydrogen-bond donors (Lipinski definition) is 1. The summed E-state index contributed by atoms with van der Waals surface area (Å²) in [5, 5.41) is 3.97. The number of furan rings is 1. The highest BCUT2D eigenvalue weighted by Crippen LogP contribution is 2.33. The van der Waals surface area contributed by atoms with Gasteiger partial charge in [0.2, 0.25) is 0 Å². The number of halogens is 1. The second kappa shape index (κ2) is 7.16. The molecule has 1 aliphatic rings. The fraction of sp³-hybridized carbons (Fsp3) is 0.286. The van der Waals surface area contributed by atoms with E-state index >= 15 is 0 Å². The first kappa shape index (κ1) is 17.2. The summed E-state index contributed by atoms with van der Waals surface area (Å²) in [6.45, 7) is 1.96.